The van der Waals surface area contributed by atoms with Crippen molar-refractivity contribution < 1.29 is 4.79 Å². The summed E-state index contributed by atoms with van der Waals surface area (Å²) in [7, 11) is 0. The van der Waals surface area contributed by atoms with Crippen LogP contribution in [0.2, 0.25) is 5.02 Å². The monoisotopic (exact) mass is 301 g/mol. The molecule has 0 radical (unpaired) electrons. The first-order valence-electron chi connectivity index (χ1n) is 5.10. The lowest BCUT2D eigenvalue weighted by atomic mass is 10.2. The zero-order valence-corrected chi connectivity index (χ0v) is 11.7. The average Bonchev–Trinajstić information content (AvgIpc) is 2.78. The standard InChI is InChI=1S/C11H9Cl2N3OS/c1-6(12)9(17)14-11-16-15-10(18-11)7-2-4-8(13)5-3-7/h2-6H,1H3,(H,14,16,17). The lowest BCUT2D eigenvalue weighted by Gasteiger charge is -2.00. The minimum atomic E-state index is -0.604. The smallest absolute Gasteiger partial charge is 0.243 e. The molecule has 18 heavy (non-hydrogen) atoms. The summed E-state index contributed by atoms with van der Waals surface area (Å²) >= 11 is 12.7. The Morgan fingerprint density at radius 3 is 2.61 bits per heavy atom. The molecule has 4 nitrogen and oxygen atoms in total. The summed E-state index contributed by atoms with van der Waals surface area (Å²) in [6, 6.07) is 7.24. The summed E-state index contributed by atoms with van der Waals surface area (Å²) in [5.74, 6) is -0.296. The summed E-state index contributed by atoms with van der Waals surface area (Å²) in [5, 5.41) is 11.7. The van der Waals surface area contributed by atoms with Gasteiger partial charge in [-0.1, -0.05) is 35.1 Å². The van der Waals surface area contributed by atoms with Crippen LogP contribution in [0.25, 0.3) is 10.6 Å². The van der Waals surface area contributed by atoms with Crippen LogP contribution in [0, 0.1) is 0 Å². The first-order chi connectivity index (χ1) is 8.56. The minimum Gasteiger partial charge on any atom is -0.299 e. The summed E-state index contributed by atoms with van der Waals surface area (Å²) in [5.41, 5.74) is 0.899. The highest BCUT2D eigenvalue weighted by atomic mass is 35.5. The van der Waals surface area contributed by atoms with E-state index in [9.17, 15) is 4.79 Å². The first kappa shape index (κ1) is 13.3. The number of carbonyl (C=O) groups is 1. The molecule has 0 saturated carbocycles. The van der Waals surface area contributed by atoms with E-state index in [1.165, 1.54) is 11.3 Å². The van der Waals surface area contributed by atoms with Crippen LogP contribution in [0.4, 0.5) is 5.13 Å². The summed E-state index contributed by atoms with van der Waals surface area (Å²) in [6.45, 7) is 1.60. The van der Waals surface area contributed by atoms with E-state index in [-0.39, 0.29) is 5.91 Å². The van der Waals surface area contributed by atoms with Crippen LogP contribution in [0.5, 0.6) is 0 Å². The predicted octanol–water partition coefficient (Wildman–Crippen LogP) is 3.42. The molecular formula is C11H9Cl2N3OS. The average molecular weight is 302 g/mol. The predicted molar refractivity (Wildman–Crippen MR) is 74.3 cm³/mol. The van der Waals surface area contributed by atoms with E-state index in [0.29, 0.717) is 15.2 Å². The topological polar surface area (TPSA) is 54.9 Å². The number of halogens is 2. The van der Waals surface area contributed by atoms with Gasteiger partial charge in [-0.05, 0) is 19.1 Å². The highest BCUT2D eigenvalue weighted by molar-refractivity contribution is 7.18. The number of nitrogens with one attached hydrogen (secondary N) is 1. The van der Waals surface area contributed by atoms with Gasteiger partial charge in [-0.25, -0.2) is 0 Å². The number of benzene rings is 1. The van der Waals surface area contributed by atoms with E-state index >= 15 is 0 Å². The fourth-order valence-corrected chi connectivity index (χ4v) is 2.12. The van der Waals surface area contributed by atoms with Crippen LogP contribution in [-0.2, 0) is 4.79 Å². The maximum absolute atomic E-state index is 11.4. The first-order valence-corrected chi connectivity index (χ1v) is 6.74. The summed E-state index contributed by atoms with van der Waals surface area (Å²) < 4.78 is 0. The van der Waals surface area contributed by atoms with Gasteiger partial charge in [0.15, 0.2) is 0 Å². The van der Waals surface area contributed by atoms with E-state index < -0.39 is 5.38 Å². The fraction of sp³-hybridized carbons (Fsp3) is 0.182. The van der Waals surface area contributed by atoms with Gasteiger partial charge in [0.2, 0.25) is 11.0 Å². The quantitative estimate of drug-likeness (QED) is 0.884. The van der Waals surface area contributed by atoms with E-state index in [0.717, 1.165) is 5.56 Å². The van der Waals surface area contributed by atoms with Crippen molar-refractivity contribution in [2.45, 2.75) is 12.3 Å². The fourth-order valence-electron chi connectivity index (χ4n) is 1.19. The van der Waals surface area contributed by atoms with E-state index in [2.05, 4.69) is 15.5 Å². The van der Waals surface area contributed by atoms with Crippen LogP contribution in [-0.4, -0.2) is 21.5 Å². The van der Waals surface area contributed by atoms with Gasteiger partial charge < -0.3 is 0 Å². The third-order valence-electron chi connectivity index (χ3n) is 2.11. The Hall–Kier alpha value is -1.17. The van der Waals surface area contributed by atoms with Crippen molar-refractivity contribution >= 4 is 45.6 Å². The highest BCUT2D eigenvalue weighted by Gasteiger charge is 2.13. The van der Waals surface area contributed by atoms with Crippen molar-refractivity contribution in [1.29, 1.82) is 0 Å². The molecule has 0 spiro atoms. The minimum absolute atomic E-state index is 0.296. The number of anilines is 1. The lowest BCUT2D eigenvalue weighted by molar-refractivity contribution is -0.115. The second-order valence-electron chi connectivity index (χ2n) is 3.52. The SMILES string of the molecule is CC(Cl)C(=O)Nc1nnc(-c2ccc(Cl)cc2)s1. The third kappa shape index (κ3) is 3.19. The zero-order chi connectivity index (χ0) is 13.1. The van der Waals surface area contributed by atoms with Crippen molar-refractivity contribution in [3.05, 3.63) is 29.3 Å². The van der Waals surface area contributed by atoms with Crippen molar-refractivity contribution in [2.24, 2.45) is 0 Å². The molecule has 1 unspecified atom stereocenters. The Balaban J connectivity index is 2.15. The Bertz CT molecular complexity index is 554. The maximum atomic E-state index is 11.4. The molecule has 1 aromatic heterocycles. The normalized spacial score (nSPS) is 12.2. The van der Waals surface area contributed by atoms with Crippen LogP contribution in [0.15, 0.2) is 24.3 Å². The van der Waals surface area contributed by atoms with Gasteiger partial charge in [-0.15, -0.1) is 21.8 Å². The number of aromatic nitrogens is 2. The van der Waals surface area contributed by atoms with E-state index in [4.69, 9.17) is 23.2 Å². The van der Waals surface area contributed by atoms with Crippen molar-refractivity contribution in [2.75, 3.05) is 5.32 Å². The maximum Gasteiger partial charge on any atom is 0.243 e. The number of alkyl halides is 1. The molecule has 0 aliphatic carbocycles. The summed E-state index contributed by atoms with van der Waals surface area (Å²) in [6.07, 6.45) is 0. The van der Waals surface area contributed by atoms with Crippen molar-refractivity contribution in [3.8, 4) is 10.6 Å². The van der Waals surface area contributed by atoms with Gasteiger partial charge in [-0.3, -0.25) is 10.1 Å². The molecule has 2 rings (SSSR count). The molecule has 1 N–H and O–H groups in total. The molecule has 94 valence electrons. The molecule has 0 aliphatic heterocycles. The van der Waals surface area contributed by atoms with Gasteiger partial charge >= 0.3 is 0 Å². The van der Waals surface area contributed by atoms with E-state index in [1.54, 1.807) is 19.1 Å². The number of amides is 1. The molecule has 2 aromatic rings. The van der Waals surface area contributed by atoms with Gasteiger partial charge in [0, 0.05) is 10.6 Å². The second kappa shape index (κ2) is 5.65. The lowest BCUT2D eigenvalue weighted by Crippen LogP contribution is -2.20. The van der Waals surface area contributed by atoms with Crippen LogP contribution in [0.1, 0.15) is 6.92 Å². The molecule has 7 heteroatoms. The second-order valence-corrected chi connectivity index (χ2v) is 5.59. The van der Waals surface area contributed by atoms with Crippen LogP contribution < -0.4 is 5.32 Å². The van der Waals surface area contributed by atoms with Crippen LogP contribution >= 0.6 is 34.5 Å². The Morgan fingerprint density at radius 2 is 2.00 bits per heavy atom. The van der Waals surface area contributed by atoms with Gasteiger partial charge in [0.25, 0.3) is 0 Å². The number of hydrogen-bond acceptors (Lipinski definition) is 4. The highest BCUT2D eigenvalue weighted by Crippen LogP contribution is 2.27. The molecule has 0 aliphatic rings. The van der Waals surface area contributed by atoms with Crippen molar-refractivity contribution in [3.63, 3.8) is 0 Å². The van der Waals surface area contributed by atoms with Crippen LogP contribution in [0.3, 0.4) is 0 Å². The molecular weight excluding hydrogens is 293 g/mol. The number of rotatable bonds is 3. The largest absolute Gasteiger partial charge is 0.299 e. The molecule has 1 heterocycles. The number of hydrogen-bond donors (Lipinski definition) is 1. The Labute approximate surface area is 118 Å². The van der Waals surface area contributed by atoms with E-state index in [1.807, 2.05) is 12.1 Å². The van der Waals surface area contributed by atoms with Gasteiger partial charge in [-0.2, -0.15) is 0 Å². The Kier molecular flexibility index (Phi) is 4.16. The molecule has 0 bridgehead atoms. The number of nitrogens with zero attached hydrogens (tertiary/aromatic N) is 2. The van der Waals surface area contributed by atoms with Crippen molar-refractivity contribution in [1.82, 2.24) is 10.2 Å². The summed E-state index contributed by atoms with van der Waals surface area (Å²) in [4.78, 5) is 11.4. The molecule has 1 amide bonds. The third-order valence-corrected chi connectivity index (χ3v) is 3.45. The number of carbonyl (C=O) groups excluding carboxylic acids is 1. The molecule has 1 atom stereocenters. The van der Waals surface area contributed by atoms with Gasteiger partial charge in [0.1, 0.15) is 10.4 Å². The molecule has 0 saturated heterocycles. The van der Waals surface area contributed by atoms with Gasteiger partial charge in [0.05, 0.1) is 0 Å². The molecule has 1 aromatic carbocycles. The Morgan fingerprint density at radius 1 is 1.33 bits per heavy atom. The molecule has 0 fully saturated rings. The zero-order valence-electron chi connectivity index (χ0n) is 9.35.